The maximum absolute atomic E-state index is 8.79. The molecule has 1 aromatic heterocycles. The molecule has 0 amide bonds. The van der Waals surface area contributed by atoms with Gasteiger partial charge in [0.05, 0.1) is 0 Å². The topological polar surface area (TPSA) is 36.7 Å². The molecule has 2 unspecified atom stereocenters. The Morgan fingerprint density at radius 2 is 2.41 bits per heavy atom. The number of rotatable bonds is 3. The Labute approximate surface area is 107 Å². The summed E-state index contributed by atoms with van der Waals surface area (Å²) < 4.78 is 0. The van der Waals surface area contributed by atoms with Crippen LogP contribution >= 0.6 is 11.8 Å². The number of nitrogens with zero attached hydrogens (tertiary/aromatic N) is 2. The molecule has 90 valence electrons. The number of thioether (sulfide) groups is 1. The summed E-state index contributed by atoms with van der Waals surface area (Å²) in [5, 5.41) is 9.60. The highest BCUT2D eigenvalue weighted by Gasteiger charge is 2.18. The van der Waals surface area contributed by atoms with E-state index in [9.17, 15) is 0 Å². The highest BCUT2D eigenvalue weighted by molar-refractivity contribution is 7.99. The average molecular weight is 246 g/mol. The van der Waals surface area contributed by atoms with Crippen LogP contribution < -0.4 is 0 Å². The molecule has 2 atom stereocenters. The van der Waals surface area contributed by atoms with Gasteiger partial charge in [0.2, 0.25) is 0 Å². The molecule has 1 saturated carbocycles. The second-order valence-corrected chi connectivity index (χ2v) is 6.15. The van der Waals surface area contributed by atoms with Crippen LogP contribution in [-0.2, 0) is 5.75 Å². The van der Waals surface area contributed by atoms with E-state index in [4.69, 9.17) is 5.26 Å². The molecule has 2 nitrogen and oxygen atoms in total. The van der Waals surface area contributed by atoms with Crippen molar-refractivity contribution >= 4 is 11.8 Å². The summed E-state index contributed by atoms with van der Waals surface area (Å²) in [6, 6.07) is 6.01. The number of hydrogen-bond acceptors (Lipinski definition) is 3. The third kappa shape index (κ3) is 3.74. The Bertz CT molecular complexity index is 411. The smallest absolute Gasteiger partial charge is 0.140 e. The fourth-order valence-corrected chi connectivity index (χ4v) is 3.77. The molecular weight excluding hydrogens is 228 g/mol. The van der Waals surface area contributed by atoms with Crippen molar-refractivity contribution in [2.45, 2.75) is 43.6 Å². The first-order valence-electron chi connectivity index (χ1n) is 6.24. The lowest BCUT2D eigenvalue weighted by atomic mass is 9.91. The highest BCUT2D eigenvalue weighted by Crippen LogP contribution is 2.33. The summed E-state index contributed by atoms with van der Waals surface area (Å²) in [5.74, 6) is 1.89. The SMILES string of the molecule is CC1CCCC(SCc2ccnc(C#N)c2)C1. The van der Waals surface area contributed by atoms with Crippen molar-refractivity contribution in [2.75, 3.05) is 0 Å². The zero-order chi connectivity index (χ0) is 12.1. The third-order valence-corrected chi connectivity index (χ3v) is 4.71. The van der Waals surface area contributed by atoms with Gasteiger partial charge in [0.1, 0.15) is 11.8 Å². The molecule has 0 saturated heterocycles. The van der Waals surface area contributed by atoms with E-state index in [2.05, 4.69) is 18.0 Å². The monoisotopic (exact) mass is 246 g/mol. The Morgan fingerprint density at radius 1 is 1.53 bits per heavy atom. The van der Waals surface area contributed by atoms with Gasteiger partial charge in [-0.15, -0.1) is 0 Å². The lowest BCUT2D eigenvalue weighted by molar-refractivity contribution is 0.394. The highest BCUT2D eigenvalue weighted by atomic mass is 32.2. The first-order chi connectivity index (χ1) is 8.28. The number of nitriles is 1. The molecule has 1 aliphatic carbocycles. The van der Waals surface area contributed by atoms with Crippen molar-refractivity contribution in [1.29, 1.82) is 5.26 Å². The normalized spacial score (nSPS) is 24.2. The van der Waals surface area contributed by atoms with Gasteiger partial charge in [-0.2, -0.15) is 17.0 Å². The van der Waals surface area contributed by atoms with Gasteiger partial charge in [-0.3, -0.25) is 0 Å². The third-order valence-electron chi connectivity index (χ3n) is 3.31. The van der Waals surface area contributed by atoms with Gasteiger partial charge < -0.3 is 0 Å². The Hall–Kier alpha value is -1.01. The second-order valence-electron chi connectivity index (χ2n) is 4.87. The van der Waals surface area contributed by atoms with E-state index in [1.165, 1.54) is 31.2 Å². The molecule has 0 aromatic carbocycles. The minimum absolute atomic E-state index is 0.528. The quantitative estimate of drug-likeness (QED) is 0.814. The van der Waals surface area contributed by atoms with Crippen molar-refractivity contribution in [3.05, 3.63) is 29.6 Å². The summed E-state index contributed by atoms with van der Waals surface area (Å²) in [7, 11) is 0. The Kier molecular flexibility index (Phi) is 4.44. The van der Waals surface area contributed by atoms with Crippen LogP contribution in [0.2, 0.25) is 0 Å². The van der Waals surface area contributed by atoms with Gasteiger partial charge in [-0.25, -0.2) is 4.98 Å². The fourth-order valence-electron chi connectivity index (χ4n) is 2.37. The molecule has 0 N–H and O–H groups in total. The zero-order valence-electron chi connectivity index (χ0n) is 10.2. The first kappa shape index (κ1) is 12.4. The van der Waals surface area contributed by atoms with Crippen molar-refractivity contribution in [2.24, 2.45) is 5.92 Å². The van der Waals surface area contributed by atoms with Gasteiger partial charge in [-0.1, -0.05) is 19.8 Å². The molecule has 0 bridgehead atoms. The molecule has 1 heterocycles. The van der Waals surface area contributed by atoms with Crippen LogP contribution in [0.15, 0.2) is 18.3 Å². The Morgan fingerprint density at radius 3 is 3.18 bits per heavy atom. The molecule has 1 aliphatic rings. The van der Waals surface area contributed by atoms with Crippen LogP contribution in [0.4, 0.5) is 0 Å². The predicted octanol–water partition coefficient (Wildman–Crippen LogP) is 3.77. The maximum Gasteiger partial charge on any atom is 0.140 e. The average Bonchev–Trinajstić information content (AvgIpc) is 2.37. The number of hydrogen-bond donors (Lipinski definition) is 0. The van der Waals surface area contributed by atoms with Crippen LogP contribution in [0.25, 0.3) is 0 Å². The number of pyridine rings is 1. The predicted molar refractivity (Wildman–Crippen MR) is 71.7 cm³/mol. The second kappa shape index (κ2) is 6.07. The van der Waals surface area contributed by atoms with E-state index in [1.807, 2.05) is 23.9 Å². The van der Waals surface area contributed by atoms with E-state index in [-0.39, 0.29) is 0 Å². The van der Waals surface area contributed by atoms with E-state index < -0.39 is 0 Å². The van der Waals surface area contributed by atoms with Crippen LogP contribution in [0.1, 0.15) is 43.9 Å². The molecule has 1 fully saturated rings. The largest absolute Gasteiger partial charge is 0.246 e. The van der Waals surface area contributed by atoms with Crippen LogP contribution in [0.5, 0.6) is 0 Å². The summed E-state index contributed by atoms with van der Waals surface area (Å²) in [6.45, 7) is 2.35. The van der Waals surface area contributed by atoms with Crippen molar-refractivity contribution < 1.29 is 0 Å². The summed E-state index contributed by atoms with van der Waals surface area (Å²) in [4.78, 5) is 3.99. The Balaban J connectivity index is 1.87. The van der Waals surface area contributed by atoms with E-state index in [1.54, 1.807) is 6.20 Å². The van der Waals surface area contributed by atoms with Gasteiger partial charge in [0.25, 0.3) is 0 Å². The van der Waals surface area contributed by atoms with Crippen molar-refractivity contribution in [1.82, 2.24) is 4.98 Å². The molecule has 0 radical (unpaired) electrons. The van der Waals surface area contributed by atoms with E-state index in [0.717, 1.165) is 16.9 Å². The van der Waals surface area contributed by atoms with Crippen LogP contribution in [0.3, 0.4) is 0 Å². The van der Waals surface area contributed by atoms with E-state index in [0.29, 0.717) is 5.69 Å². The summed E-state index contributed by atoms with van der Waals surface area (Å²) >= 11 is 2.04. The van der Waals surface area contributed by atoms with Gasteiger partial charge in [-0.05, 0) is 36.5 Å². The van der Waals surface area contributed by atoms with Crippen LogP contribution in [-0.4, -0.2) is 10.2 Å². The molecule has 2 rings (SSSR count). The molecule has 0 aliphatic heterocycles. The van der Waals surface area contributed by atoms with Crippen molar-refractivity contribution in [3.8, 4) is 6.07 Å². The summed E-state index contributed by atoms with van der Waals surface area (Å²) in [6.07, 6.45) is 7.20. The molecule has 3 heteroatoms. The molecule has 1 aromatic rings. The lowest BCUT2D eigenvalue weighted by Gasteiger charge is -2.26. The van der Waals surface area contributed by atoms with Gasteiger partial charge >= 0.3 is 0 Å². The lowest BCUT2D eigenvalue weighted by Crippen LogP contribution is -2.15. The van der Waals surface area contributed by atoms with Gasteiger partial charge in [0, 0.05) is 17.2 Å². The molecule has 0 spiro atoms. The zero-order valence-corrected chi connectivity index (χ0v) is 11.0. The standard InChI is InChI=1S/C14H18N2S/c1-11-3-2-4-14(7-11)17-10-12-5-6-16-13(8-12)9-15/h5-6,8,11,14H,2-4,7,10H2,1H3. The maximum atomic E-state index is 8.79. The first-order valence-corrected chi connectivity index (χ1v) is 7.29. The number of aromatic nitrogens is 1. The molecular formula is C14H18N2S. The van der Waals surface area contributed by atoms with Gasteiger partial charge in [0.15, 0.2) is 0 Å². The molecule has 17 heavy (non-hydrogen) atoms. The summed E-state index contributed by atoms with van der Waals surface area (Å²) in [5.41, 5.74) is 1.75. The minimum Gasteiger partial charge on any atom is -0.246 e. The minimum atomic E-state index is 0.528. The fraction of sp³-hybridized carbons (Fsp3) is 0.571. The van der Waals surface area contributed by atoms with Crippen molar-refractivity contribution in [3.63, 3.8) is 0 Å². The van der Waals surface area contributed by atoms with E-state index >= 15 is 0 Å². The van der Waals surface area contributed by atoms with Crippen LogP contribution in [0, 0.1) is 17.2 Å².